The molecular weight excluding hydrogens is 429 g/mol. The Morgan fingerprint density at radius 1 is 1.03 bits per heavy atom. The average Bonchev–Trinajstić information content (AvgIpc) is 3.49. The summed E-state index contributed by atoms with van der Waals surface area (Å²) < 4.78 is 13.1. The van der Waals surface area contributed by atoms with E-state index < -0.39 is 0 Å². The molecule has 178 valence electrons. The van der Waals surface area contributed by atoms with Crippen LogP contribution in [0.15, 0.2) is 47.5 Å². The van der Waals surface area contributed by atoms with Crippen LogP contribution in [0.5, 0.6) is 0 Å². The Hall–Kier alpha value is -2.86. The van der Waals surface area contributed by atoms with Gasteiger partial charge in [-0.2, -0.15) is 0 Å². The summed E-state index contributed by atoms with van der Waals surface area (Å²) in [4.78, 5) is 35.1. The molecule has 0 N–H and O–H groups in total. The lowest BCUT2D eigenvalue weighted by Crippen LogP contribution is -2.43. The van der Waals surface area contributed by atoms with Crippen molar-refractivity contribution >= 4 is 23.1 Å². The summed E-state index contributed by atoms with van der Waals surface area (Å²) in [5.41, 5.74) is 4.56. The van der Waals surface area contributed by atoms with Crippen molar-refractivity contribution in [3.8, 4) is 0 Å². The van der Waals surface area contributed by atoms with Crippen molar-refractivity contribution in [1.82, 2.24) is 9.80 Å². The highest BCUT2D eigenvalue weighted by atomic mass is 19.1. The Morgan fingerprint density at radius 3 is 2.56 bits per heavy atom. The van der Waals surface area contributed by atoms with Gasteiger partial charge in [0.25, 0.3) is 5.91 Å². The van der Waals surface area contributed by atoms with Crippen LogP contribution in [0.1, 0.15) is 53.6 Å². The number of aliphatic imine (C=N–C) groups is 1. The molecule has 0 aliphatic carbocycles. The maximum absolute atomic E-state index is 13.3. The average molecular weight is 462 g/mol. The van der Waals surface area contributed by atoms with Gasteiger partial charge in [-0.1, -0.05) is 17.7 Å². The number of Topliss-reactive ketones (excluding diaryl/α,β-unsaturated/α-hetero) is 1. The maximum Gasteiger partial charge on any atom is 0.268 e. The van der Waals surface area contributed by atoms with Gasteiger partial charge in [-0.25, -0.2) is 9.38 Å². The Labute approximate surface area is 200 Å². The molecule has 3 aliphatic rings. The number of likely N-dealkylation sites (tertiary alicyclic amines) is 2. The molecule has 1 amide bonds. The molecule has 0 aromatic heterocycles. The van der Waals surface area contributed by atoms with Gasteiger partial charge in [-0.05, 0) is 88.0 Å². The Bertz CT molecular complexity index is 1100. The van der Waals surface area contributed by atoms with Crippen LogP contribution in [-0.2, 0) is 11.2 Å². The van der Waals surface area contributed by atoms with Gasteiger partial charge in [-0.15, -0.1) is 0 Å². The quantitative estimate of drug-likeness (QED) is 0.584. The first-order valence-corrected chi connectivity index (χ1v) is 12.5. The molecule has 0 bridgehead atoms. The lowest BCUT2D eigenvalue weighted by Gasteiger charge is -2.33. The van der Waals surface area contributed by atoms with Crippen LogP contribution in [-0.4, -0.2) is 59.4 Å². The number of fused-ring (bicyclic) bond motifs is 1. The molecule has 6 heteroatoms. The number of amides is 1. The summed E-state index contributed by atoms with van der Waals surface area (Å²) in [5.74, 6) is -0.0805. The molecule has 3 aliphatic heterocycles. The molecule has 2 fully saturated rings. The summed E-state index contributed by atoms with van der Waals surface area (Å²) in [6.07, 6.45) is 5.35. The zero-order valence-electron chi connectivity index (χ0n) is 19.8. The molecule has 5 rings (SSSR count). The summed E-state index contributed by atoms with van der Waals surface area (Å²) in [5, 5.41) is 0. The Kier molecular flexibility index (Phi) is 6.59. The molecule has 0 spiro atoms. The van der Waals surface area contributed by atoms with Crippen molar-refractivity contribution in [2.24, 2.45) is 10.9 Å². The lowest BCUT2D eigenvalue weighted by molar-refractivity contribution is -0.125. The number of hydrogen-bond acceptors (Lipinski definition) is 4. The van der Waals surface area contributed by atoms with Crippen molar-refractivity contribution in [3.63, 3.8) is 0 Å². The fraction of sp³-hybridized carbons (Fsp3) is 0.464. The van der Waals surface area contributed by atoms with E-state index in [1.54, 1.807) is 12.1 Å². The number of carbonyl (C=O) groups is 2. The fourth-order valence-electron chi connectivity index (χ4n) is 5.62. The van der Waals surface area contributed by atoms with E-state index in [9.17, 15) is 14.0 Å². The monoisotopic (exact) mass is 461 g/mol. The molecule has 1 atom stereocenters. The summed E-state index contributed by atoms with van der Waals surface area (Å²) in [6.45, 7) is 5.60. The van der Waals surface area contributed by atoms with Crippen LogP contribution < -0.4 is 0 Å². The first kappa shape index (κ1) is 22.9. The third-order valence-electron chi connectivity index (χ3n) is 7.60. The minimum atomic E-state index is -0.314. The molecule has 0 radical (unpaired) electrons. The van der Waals surface area contributed by atoms with E-state index in [4.69, 9.17) is 0 Å². The number of benzene rings is 2. The highest BCUT2D eigenvalue weighted by Crippen LogP contribution is 2.30. The molecule has 0 saturated carbocycles. The summed E-state index contributed by atoms with van der Waals surface area (Å²) in [7, 11) is 0. The topological polar surface area (TPSA) is 53.0 Å². The number of ketones is 1. The first-order valence-electron chi connectivity index (χ1n) is 12.5. The van der Waals surface area contributed by atoms with E-state index in [-0.39, 0.29) is 29.5 Å². The second kappa shape index (κ2) is 9.79. The Balaban J connectivity index is 1.11. The number of halogens is 1. The third kappa shape index (κ3) is 4.83. The zero-order chi connectivity index (χ0) is 23.7. The zero-order valence-corrected chi connectivity index (χ0v) is 19.8. The first-order chi connectivity index (χ1) is 16.5. The molecular formula is C28H32FN3O2. The van der Waals surface area contributed by atoms with Gasteiger partial charge in [0.2, 0.25) is 0 Å². The lowest BCUT2D eigenvalue weighted by atomic mass is 9.88. The van der Waals surface area contributed by atoms with Crippen molar-refractivity contribution in [3.05, 3.63) is 65.0 Å². The highest BCUT2D eigenvalue weighted by Gasteiger charge is 2.34. The van der Waals surface area contributed by atoms with E-state index in [0.29, 0.717) is 17.7 Å². The van der Waals surface area contributed by atoms with Crippen LogP contribution in [0.3, 0.4) is 0 Å². The minimum Gasteiger partial charge on any atom is -0.335 e. The van der Waals surface area contributed by atoms with E-state index in [1.807, 2.05) is 17.0 Å². The largest absolute Gasteiger partial charge is 0.335 e. The Morgan fingerprint density at radius 2 is 1.79 bits per heavy atom. The minimum absolute atomic E-state index is 0.0110. The van der Waals surface area contributed by atoms with Gasteiger partial charge in [0.05, 0.1) is 5.69 Å². The molecule has 2 saturated heterocycles. The number of nitrogens with zero attached hydrogens (tertiary/aromatic N) is 3. The molecule has 2 aromatic rings. The van der Waals surface area contributed by atoms with E-state index in [0.717, 1.165) is 69.5 Å². The van der Waals surface area contributed by atoms with Gasteiger partial charge in [0, 0.05) is 37.0 Å². The molecule has 3 heterocycles. The number of hydrogen-bond donors (Lipinski definition) is 0. The van der Waals surface area contributed by atoms with E-state index in [1.165, 1.54) is 17.7 Å². The smallest absolute Gasteiger partial charge is 0.268 e. The SMILES string of the molecule is Cc1ccc2c(c1)CC(C(=O)N1CCC[C@H]1CCN1CCC(C(=O)c3ccc(F)cc3)CC1)=N2. The van der Waals surface area contributed by atoms with E-state index >= 15 is 0 Å². The van der Waals surface area contributed by atoms with Gasteiger partial charge in [0.1, 0.15) is 11.5 Å². The van der Waals surface area contributed by atoms with Gasteiger partial charge in [-0.3, -0.25) is 9.59 Å². The standard InChI is InChI=1S/C28H32FN3O2/c1-19-4-9-25-22(17-19)18-26(30-25)28(34)32-13-2-3-24(32)12-16-31-14-10-21(11-15-31)27(33)20-5-7-23(29)8-6-20/h4-9,17,21,24H,2-3,10-16,18H2,1H3/t24-/m0/s1. The van der Waals surface area contributed by atoms with Gasteiger partial charge < -0.3 is 9.80 Å². The number of carbonyl (C=O) groups excluding carboxylic acids is 2. The summed E-state index contributed by atoms with van der Waals surface area (Å²) in [6, 6.07) is 12.3. The molecule has 2 aromatic carbocycles. The summed E-state index contributed by atoms with van der Waals surface area (Å²) >= 11 is 0. The second-order valence-corrected chi connectivity index (χ2v) is 9.94. The van der Waals surface area contributed by atoms with Crippen LogP contribution in [0.4, 0.5) is 10.1 Å². The van der Waals surface area contributed by atoms with E-state index in [2.05, 4.69) is 22.9 Å². The van der Waals surface area contributed by atoms with Gasteiger partial charge in [0.15, 0.2) is 5.78 Å². The van der Waals surface area contributed by atoms with Crippen molar-refractivity contribution < 1.29 is 14.0 Å². The van der Waals surface area contributed by atoms with Crippen molar-refractivity contribution in [2.75, 3.05) is 26.2 Å². The predicted molar refractivity (Wildman–Crippen MR) is 131 cm³/mol. The number of aryl methyl sites for hydroxylation is 1. The molecule has 34 heavy (non-hydrogen) atoms. The normalized spacial score (nSPS) is 20.9. The molecule has 5 nitrogen and oxygen atoms in total. The van der Waals surface area contributed by atoms with Crippen LogP contribution in [0.25, 0.3) is 0 Å². The van der Waals surface area contributed by atoms with Gasteiger partial charge >= 0.3 is 0 Å². The van der Waals surface area contributed by atoms with Crippen molar-refractivity contribution in [2.45, 2.75) is 51.5 Å². The maximum atomic E-state index is 13.3. The third-order valence-corrected chi connectivity index (χ3v) is 7.60. The van der Waals surface area contributed by atoms with Crippen LogP contribution in [0, 0.1) is 18.7 Å². The molecule has 0 unspecified atom stereocenters. The van der Waals surface area contributed by atoms with Crippen LogP contribution >= 0.6 is 0 Å². The fourth-order valence-corrected chi connectivity index (χ4v) is 5.62. The number of rotatable bonds is 6. The van der Waals surface area contributed by atoms with Crippen LogP contribution in [0.2, 0.25) is 0 Å². The predicted octanol–water partition coefficient (Wildman–Crippen LogP) is 4.74. The van der Waals surface area contributed by atoms with Crippen molar-refractivity contribution in [1.29, 1.82) is 0 Å². The number of piperidine rings is 1. The second-order valence-electron chi connectivity index (χ2n) is 9.94. The highest BCUT2D eigenvalue weighted by molar-refractivity contribution is 6.40.